The first-order valence-electron chi connectivity index (χ1n) is 7.98. The van der Waals surface area contributed by atoms with E-state index in [9.17, 15) is 4.79 Å². The number of likely N-dealkylation sites (N-methyl/N-ethyl adjacent to an activating group) is 1. The third-order valence-corrected chi connectivity index (χ3v) is 4.05. The molecule has 0 aliphatic heterocycles. The molecule has 0 fully saturated rings. The van der Waals surface area contributed by atoms with Crippen LogP contribution in [-0.4, -0.2) is 37.7 Å². The number of rotatable bonds is 8. The quantitative estimate of drug-likeness (QED) is 0.414. The Hall–Kier alpha value is -1.61. The van der Waals surface area contributed by atoms with E-state index in [0.29, 0.717) is 18.1 Å². The highest BCUT2D eigenvalue weighted by molar-refractivity contribution is 5.86. The molecule has 1 aromatic rings. The van der Waals surface area contributed by atoms with Crippen LogP contribution in [0.25, 0.3) is 0 Å². The Balaban J connectivity index is 2.53. The molecule has 3 heteroatoms. The van der Waals surface area contributed by atoms with Crippen LogP contribution in [0.2, 0.25) is 0 Å². The van der Waals surface area contributed by atoms with E-state index in [2.05, 4.69) is 58.8 Å². The van der Waals surface area contributed by atoms with Crippen molar-refractivity contribution >= 4 is 5.97 Å². The zero-order chi connectivity index (χ0) is 16.8. The molecular formula is C19H30NO2+. The molecule has 0 aromatic heterocycles. The van der Waals surface area contributed by atoms with Gasteiger partial charge in [-0.05, 0) is 24.8 Å². The van der Waals surface area contributed by atoms with E-state index in [4.69, 9.17) is 4.74 Å². The summed E-state index contributed by atoms with van der Waals surface area (Å²) in [7, 11) is 4.30. The van der Waals surface area contributed by atoms with Crippen LogP contribution in [-0.2, 0) is 16.1 Å². The lowest BCUT2D eigenvalue weighted by atomic mass is 9.97. The largest absolute Gasteiger partial charge is 0.456 e. The van der Waals surface area contributed by atoms with Crippen molar-refractivity contribution < 1.29 is 14.0 Å². The summed E-state index contributed by atoms with van der Waals surface area (Å²) in [6, 6.07) is 8.87. The first-order chi connectivity index (χ1) is 10.2. The van der Waals surface area contributed by atoms with Crippen LogP contribution in [0.15, 0.2) is 36.4 Å². The molecule has 0 heterocycles. The summed E-state index contributed by atoms with van der Waals surface area (Å²) in [6.45, 7) is 11.8. The molecule has 0 saturated heterocycles. The molecule has 0 bridgehead atoms. The molecule has 1 aromatic carbocycles. The number of esters is 1. The summed E-state index contributed by atoms with van der Waals surface area (Å²) in [5.41, 5.74) is 3.15. The zero-order valence-corrected chi connectivity index (χ0v) is 14.7. The lowest BCUT2D eigenvalue weighted by Crippen LogP contribution is -2.41. The number of carbonyl (C=O) groups is 1. The highest BCUT2D eigenvalue weighted by atomic mass is 16.5. The molecule has 0 radical (unpaired) electrons. The van der Waals surface area contributed by atoms with E-state index in [1.54, 1.807) is 6.92 Å². The first-order valence-corrected chi connectivity index (χ1v) is 7.98. The smallest absolute Gasteiger partial charge is 0.333 e. The van der Waals surface area contributed by atoms with Gasteiger partial charge in [-0.1, -0.05) is 44.7 Å². The summed E-state index contributed by atoms with van der Waals surface area (Å²) in [6.07, 6.45) is 1.16. The van der Waals surface area contributed by atoms with Crippen LogP contribution in [0, 0.1) is 0 Å². The molecular weight excluding hydrogens is 274 g/mol. The molecule has 1 atom stereocenters. The van der Waals surface area contributed by atoms with Crippen LogP contribution < -0.4 is 0 Å². The summed E-state index contributed by atoms with van der Waals surface area (Å²) in [5, 5.41) is 0. The minimum Gasteiger partial charge on any atom is -0.456 e. The topological polar surface area (TPSA) is 26.3 Å². The summed E-state index contributed by atoms with van der Waals surface area (Å²) in [4.78, 5) is 11.4. The highest BCUT2D eigenvalue weighted by Crippen LogP contribution is 2.20. The van der Waals surface area contributed by atoms with Gasteiger partial charge in [-0.25, -0.2) is 4.79 Å². The highest BCUT2D eigenvalue weighted by Gasteiger charge is 2.17. The van der Waals surface area contributed by atoms with Gasteiger partial charge in [0.2, 0.25) is 0 Å². The fourth-order valence-electron chi connectivity index (χ4n) is 2.27. The van der Waals surface area contributed by atoms with Crippen LogP contribution in [0.3, 0.4) is 0 Å². The Morgan fingerprint density at radius 2 is 1.86 bits per heavy atom. The van der Waals surface area contributed by atoms with Crippen molar-refractivity contribution in [2.45, 2.75) is 39.7 Å². The Morgan fingerprint density at radius 1 is 1.27 bits per heavy atom. The monoisotopic (exact) mass is 304 g/mol. The van der Waals surface area contributed by atoms with Gasteiger partial charge >= 0.3 is 5.97 Å². The van der Waals surface area contributed by atoms with E-state index in [-0.39, 0.29) is 5.97 Å². The Kier molecular flexibility index (Phi) is 6.82. The third kappa shape index (κ3) is 6.02. The fourth-order valence-corrected chi connectivity index (χ4v) is 2.27. The van der Waals surface area contributed by atoms with E-state index in [0.717, 1.165) is 24.0 Å². The van der Waals surface area contributed by atoms with Crippen molar-refractivity contribution in [2.75, 3.05) is 27.2 Å². The van der Waals surface area contributed by atoms with Gasteiger partial charge in [-0.15, -0.1) is 0 Å². The van der Waals surface area contributed by atoms with Gasteiger partial charge in [0.1, 0.15) is 19.7 Å². The Labute approximate surface area is 135 Å². The van der Waals surface area contributed by atoms with Crippen LogP contribution >= 0.6 is 0 Å². The Bertz CT molecular complexity index is 503. The Morgan fingerprint density at radius 3 is 2.36 bits per heavy atom. The van der Waals surface area contributed by atoms with Gasteiger partial charge in [0.25, 0.3) is 0 Å². The van der Waals surface area contributed by atoms with Gasteiger partial charge in [0, 0.05) is 11.1 Å². The lowest BCUT2D eigenvalue weighted by molar-refractivity contribution is -0.903. The second-order valence-corrected chi connectivity index (χ2v) is 6.78. The number of benzene rings is 1. The second-order valence-electron chi connectivity index (χ2n) is 6.78. The molecule has 1 unspecified atom stereocenters. The van der Waals surface area contributed by atoms with E-state index >= 15 is 0 Å². The van der Waals surface area contributed by atoms with Crippen LogP contribution in [0.1, 0.15) is 44.2 Å². The molecule has 3 nitrogen and oxygen atoms in total. The van der Waals surface area contributed by atoms with Gasteiger partial charge in [0.05, 0.1) is 14.1 Å². The van der Waals surface area contributed by atoms with E-state index in [1.165, 1.54) is 11.1 Å². The van der Waals surface area contributed by atoms with Gasteiger partial charge < -0.3 is 9.22 Å². The average Bonchev–Trinajstić information content (AvgIpc) is 2.46. The van der Waals surface area contributed by atoms with Crippen molar-refractivity contribution in [2.24, 2.45) is 0 Å². The zero-order valence-electron chi connectivity index (χ0n) is 14.7. The maximum absolute atomic E-state index is 11.4. The number of hydrogen-bond donors (Lipinski definition) is 0. The van der Waals surface area contributed by atoms with Crippen LogP contribution in [0.5, 0.6) is 0 Å². The van der Waals surface area contributed by atoms with Crippen molar-refractivity contribution in [1.82, 2.24) is 0 Å². The molecule has 0 spiro atoms. The van der Waals surface area contributed by atoms with Crippen molar-refractivity contribution in [3.63, 3.8) is 0 Å². The molecule has 0 saturated carbocycles. The second kappa shape index (κ2) is 8.14. The number of nitrogens with zero attached hydrogens (tertiary/aromatic N) is 1. The lowest BCUT2D eigenvalue weighted by Gasteiger charge is -2.29. The number of hydrogen-bond acceptors (Lipinski definition) is 2. The van der Waals surface area contributed by atoms with Gasteiger partial charge in [0.15, 0.2) is 0 Å². The fraction of sp³-hybridized carbons (Fsp3) is 0.526. The predicted octanol–water partition coefficient (Wildman–Crippen LogP) is 3.90. The molecule has 122 valence electrons. The summed E-state index contributed by atoms with van der Waals surface area (Å²) < 4.78 is 5.97. The molecule has 0 aliphatic carbocycles. The average molecular weight is 304 g/mol. The minimum atomic E-state index is -0.307. The predicted molar refractivity (Wildman–Crippen MR) is 91.6 cm³/mol. The standard InChI is InChI=1S/C19H30NO2/c1-7-16(4)18-10-8-17(9-11-18)14-20(5,6)12-13-22-19(21)15(2)3/h8-11,16H,2,7,12-14H2,1,3-6H3/q+1. The minimum absolute atomic E-state index is 0.307. The summed E-state index contributed by atoms with van der Waals surface area (Å²) >= 11 is 0. The number of carbonyl (C=O) groups excluding carboxylic acids is 1. The summed E-state index contributed by atoms with van der Waals surface area (Å²) in [5.74, 6) is 0.302. The molecule has 0 aliphatic rings. The van der Waals surface area contributed by atoms with Crippen LogP contribution in [0.4, 0.5) is 0 Å². The third-order valence-electron chi connectivity index (χ3n) is 4.05. The van der Waals surface area contributed by atoms with Gasteiger partial charge in [-0.3, -0.25) is 0 Å². The first kappa shape index (κ1) is 18.4. The normalized spacial score (nSPS) is 12.8. The molecule has 0 amide bonds. The van der Waals surface area contributed by atoms with E-state index in [1.807, 2.05) is 0 Å². The molecule has 22 heavy (non-hydrogen) atoms. The number of ether oxygens (including phenoxy) is 1. The number of quaternary nitrogens is 1. The van der Waals surface area contributed by atoms with Crippen molar-refractivity contribution in [3.05, 3.63) is 47.5 Å². The molecule has 0 N–H and O–H groups in total. The van der Waals surface area contributed by atoms with Crippen molar-refractivity contribution in [3.8, 4) is 0 Å². The molecule has 1 rings (SSSR count). The SMILES string of the molecule is C=C(C)C(=O)OCC[N+](C)(C)Cc1ccc(C(C)CC)cc1. The van der Waals surface area contributed by atoms with Crippen molar-refractivity contribution in [1.29, 1.82) is 0 Å². The van der Waals surface area contributed by atoms with Gasteiger partial charge in [-0.2, -0.15) is 0 Å². The maximum Gasteiger partial charge on any atom is 0.333 e. The maximum atomic E-state index is 11.4. The van der Waals surface area contributed by atoms with E-state index < -0.39 is 0 Å².